The number of halogens is 2. The van der Waals surface area contributed by atoms with Gasteiger partial charge in [-0.3, -0.25) is 14.8 Å². The Hall–Kier alpha value is -4.19. The predicted octanol–water partition coefficient (Wildman–Crippen LogP) is 9.56. The highest BCUT2D eigenvalue weighted by Crippen LogP contribution is 2.46. The number of carboxylic acid groups (broad SMARTS) is 2. The Kier molecular flexibility index (Phi) is 12.7. The van der Waals surface area contributed by atoms with Crippen LogP contribution in [0.2, 0.25) is 10.0 Å². The number of H-pyrrole nitrogens is 3. The van der Waals surface area contributed by atoms with E-state index in [1.54, 1.807) is 23.5 Å². The summed E-state index contributed by atoms with van der Waals surface area (Å²) in [5.74, 6) is 0.00773. The number of nitrogens with one attached hydrogen (secondary N) is 6. The predicted molar refractivity (Wildman–Crippen MR) is 263 cm³/mol. The van der Waals surface area contributed by atoms with Gasteiger partial charge in [0, 0.05) is 69.6 Å². The van der Waals surface area contributed by atoms with E-state index in [0.717, 1.165) is 99.3 Å². The molecule has 5 unspecified atom stereocenters. The van der Waals surface area contributed by atoms with Crippen molar-refractivity contribution in [3.8, 4) is 0 Å². The number of nitrogens with zero attached hydrogens (tertiary/aromatic N) is 3. The molecule has 2 aromatic carbocycles. The van der Waals surface area contributed by atoms with Crippen molar-refractivity contribution in [2.45, 2.75) is 101 Å². The van der Waals surface area contributed by atoms with E-state index in [2.05, 4.69) is 54.9 Å². The first-order chi connectivity index (χ1) is 31.4. The Balaban J connectivity index is 0.865. The lowest BCUT2D eigenvalue weighted by Crippen LogP contribution is -2.51. The maximum absolute atomic E-state index is 13.4. The summed E-state index contributed by atoms with van der Waals surface area (Å²) in [5, 5.41) is 36.9. The third-order valence-corrected chi connectivity index (χ3v) is 17.0. The van der Waals surface area contributed by atoms with E-state index in [-0.39, 0.29) is 29.7 Å². The monoisotopic (exact) mass is 959 g/mol. The third-order valence-electron chi connectivity index (χ3n) is 14.3. The number of fused-ring (bicyclic) bond motifs is 2. The Morgan fingerprint density at radius 1 is 0.862 bits per heavy atom. The zero-order chi connectivity index (χ0) is 44.9. The lowest BCUT2D eigenvalue weighted by Gasteiger charge is -2.42. The van der Waals surface area contributed by atoms with Crippen LogP contribution in [0.3, 0.4) is 0 Å². The van der Waals surface area contributed by atoms with Gasteiger partial charge in [0.1, 0.15) is 21.6 Å². The quantitative estimate of drug-likeness (QED) is 0.0496. The van der Waals surface area contributed by atoms with Crippen LogP contribution in [-0.2, 0) is 14.9 Å². The molecule has 3 fully saturated rings. The van der Waals surface area contributed by atoms with Crippen LogP contribution in [0.25, 0.3) is 21.8 Å². The minimum absolute atomic E-state index is 0.00608. The number of thioether (sulfide) groups is 2. The number of rotatable bonds is 15. The van der Waals surface area contributed by atoms with Gasteiger partial charge in [0.2, 0.25) is 0 Å². The topological polar surface area (TPSA) is 205 Å². The first-order valence-electron chi connectivity index (χ1n) is 22.8. The van der Waals surface area contributed by atoms with Gasteiger partial charge >= 0.3 is 11.9 Å². The smallest absolute Gasteiger partial charge is 0.353 e. The van der Waals surface area contributed by atoms with Crippen molar-refractivity contribution < 1.29 is 24.5 Å². The highest BCUT2D eigenvalue weighted by Gasteiger charge is 2.48. The molecular weight excluding hydrogens is 906 g/mol. The molecule has 1 aliphatic carbocycles. The highest BCUT2D eigenvalue weighted by atomic mass is 35.5. The van der Waals surface area contributed by atoms with Crippen molar-refractivity contribution in [1.82, 2.24) is 25.3 Å². The van der Waals surface area contributed by atoms with Gasteiger partial charge in [-0.25, -0.2) is 9.78 Å². The van der Waals surface area contributed by atoms with Gasteiger partial charge < -0.3 is 45.9 Å². The van der Waals surface area contributed by atoms with Crippen LogP contribution in [0.1, 0.15) is 98.8 Å². The van der Waals surface area contributed by atoms with Crippen molar-refractivity contribution in [1.29, 1.82) is 0 Å². The molecule has 3 aromatic heterocycles. The van der Waals surface area contributed by atoms with Crippen molar-refractivity contribution in [3.63, 3.8) is 0 Å². The summed E-state index contributed by atoms with van der Waals surface area (Å²) in [7, 11) is 0. The number of aliphatic imine (C=N–C) groups is 2. The second-order valence-electron chi connectivity index (χ2n) is 18.9. The summed E-state index contributed by atoms with van der Waals surface area (Å²) < 4.78 is 5.57. The number of anilines is 2. The summed E-state index contributed by atoms with van der Waals surface area (Å²) in [5.41, 5.74) is 4.06. The first kappa shape index (κ1) is 44.6. The van der Waals surface area contributed by atoms with Gasteiger partial charge in [0.15, 0.2) is 0 Å². The number of benzene rings is 2. The Bertz CT molecular complexity index is 2670. The summed E-state index contributed by atoms with van der Waals surface area (Å²) in [4.78, 5) is 50.9. The maximum atomic E-state index is 13.4. The number of hydrogen-bond acceptors (Lipinski definition) is 11. The summed E-state index contributed by atoms with van der Waals surface area (Å²) >= 11 is 16.5. The van der Waals surface area contributed by atoms with Crippen LogP contribution in [-0.4, -0.2) is 114 Å². The van der Waals surface area contributed by atoms with Gasteiger partial charge in [0.25, 0.3) is 0 Å². The van der Waals surface area contributed by atoms with Crippen molar-refractivity contribution in [2.24, 2.45) is 21.3 Å². The van der Waals surface area contributed by atoms with Crippen molar-refractivity contribution in [2.75, 3.05) is 48.4 Å². The molecule has 0 bridgehead atoms. The number of hydrogen-bond donors (Lipinski definition) is 8. The molecular formula is C47H55Cl2N9O5S2. The molecule has 5 aliphatic rings. The maximum Gasteiger partial charge on any atom is 0.353 e. The summed E-state index contributed by atoms with van der Waals surface area (Å²) in [6.45, 7) is 4.53. The molecule has 4 aliphatic heterocycles. The SMILES string of the molecule is CC(CC1CNCC(CCC2CSC(c3cc4cc(Cl)cc(NC5CCCC5)c4[nH]3)=N2)(C(=O)O)C1)(c1ncc(C(=O)O)[nH]1)C1CSC(c2cc3cc(Cl)cc(NC4CCOCC4)c3[nH]2)=N1. The number of carboxylic acids is 2. The van der Waals surface area contributed by atoms with Gasteiger partial charge in [-0.2, -0.15) is 0 Å². The van der Waals surface area contributed by atoms with E-state index in [9.17, 15) is 19.8 Å². The van der Waals surface area contributed by atoms with E-state index in [1.165, 1.54) is 19.0 Å². The minimum Gasteiger partial charge on any atom is -0.481 e. The molecule has 0 radical (unpaired) electrons. The molecule has 0 spiro atoms. The zero-order valence-corrected chi connectivity index (χ0v) is 39.4. The first-order valence-corrected chi connectivity index (χ1v) is 25.5. The summed E-state index contributed by atoms with van der Waals surface area (Å²) in [6.07, 6.45) is 10.1. The molecule has 5 aromatic rings. The molecule has 0 amide bonds. The van der Waals surface area contributed by atoms with Crippen LogP contribution in [0.4, 0.5) is 11.4 Å². The average Bonchev–Trinajstić information content (AvgIpc) is 4.14. The fourth-order valence-corrected chi connectivity index (χ4v) is 13.5. The number of imidazole rings is 1. The van der Waals surface area contributed by atoms with E-state index < -0.39 is 22.8 Å². The van der Waals surface area contributed by atoms with E-state index in [0.29, 0.717) is 66.4 Å². The lowest BCUT2D eigenvalue weighted by atomic mass is 9.67. The standard InChI is InChI=1S/C47H55Cl2N9O5S2/c1-46(44-51-21-37(57-44)43(59)60,38-23-65-42(58-38)36-15-27-13-29(49)17-34(40(27)56-36)53-31-7-10-63-11-8-31)18-25-19-47(45(61)62,24-50-20-25)9-6-32-22-64-41(54-32)35-14-26-12-28(48)16-33(39(26)55-35)52-30-4-2-3-5-30/h12-17,21,25,30-32,38,50,52-53,55-56H,2-11,18-20,22-24H2,1H3,(H,51,57)(H,59,60)(H,61,62). The minimum atomic E-state index is -1.09. The summed E-state index contributed by atoms with van der Waals surface area (Å²) in [6, 6.07) is 12.5. The molecule has 14 nitrogen and oxygen atoms in total. The Labute approximate surface area is 395 Å². The van der Waals surface area contributed by atoms with E-state index >= 15 is 0 Å². The number of aromatic amines is 3. The van der Waals surface area contributed by atoms with Crippen molar-refractivity contribution >= 4 is 102 Å². The molecule has 5 atom stereocenters. The Morgan fingerprint density at radius 2 is 1.49 bits per heavy atom. The van der Waals surface area contributed by atoms with Crippen LogP contribution < -0.4 is 16.0 Å². The second-order valence-corrected chi connectivity index (χ2v) is 21.8. The number of carbonyl (C=O) groups is 2. The number of ether oxygens (including phenoxy) is 1. The fraction of sp³-hybridized carbons (Fsp3) is 0.511. The van der Waals surface area contributed by atoms with Gasteiger partial charge in [-0.1, -0.05) is 43.0 Å². The van der Waals surface area contributed by atoms with Gasteiger partial charge in [-0.15, -0.1) is 23.5 Å². The molecule has 1 saturated carbocycles. The molecule has 2 saturated heterocycles. The zero-order valence-electron chi connectivity index (χ0n) is 36.3. The number of piperidine rings is 1. The number of aromatic carboxylic acids is 1. The lowest BCUT2D eigenvalue weighted by molar-refractivity contribution is -0.152. The Morgan fingerprint density at radius 3 is 2.12 bits per heavy atom. The number of aliphatic carboxylic acids is 1. The van der Waals surface area contributed by atoms with Crippen molar-refractivity contribution in [3.05, 3.63) is 75.5 Å². The molecule has 18 heteroatoms. The molecule has 10 rings (SSSR count). The highest BCUT2D eigenvalue weighted by molar-refractivity contribution is 8.15. The van der Waals surface area contributed by atoms with E-state index in [4.69, 9.17) is 37.9 Å². The van der Waals surface area contributed by atoms with Crippen LogP contribution in [0.5, 0.6) is 0 Å². The third kappa shape index (κ3) is 9.27. The van der Waals surface area contributed by atoms with Crippen LogP contribution in [0, 0.1) is 11.3 Å². The molecule has 344 valence electrons. The number of aromatic nitrogens is 4. The normalized spacial score (nSPS) is 25.2. The average molecular weight is 961 g/mol. The van der Waals surface area contributed by atoms with Gasteiger partial charge in [-0.05, 0) is 100 Å². The molecule has 65 heavy (non-hydrogen) atoms. The second kappa shape index (κ2) is 18.5. The largest absolute Gasteiger partial charge is 0.481 e. The van der Waals surface area contributed by atoms with Crippen LogP contribution in [0.15, 0.2) is 52.6 Å². The van der Waals surface area contributed by atoms with Gasteiger partial charge in [0.05, 0.1) is 57.5 Å². The molecule has 7 heterocycles. The van der Waals surface area contributed by atoms with E-state index in [1.807, 2.05) is 24.3 Å². The van der Waals surface area contributed by atoms with Crippen LogP contribution >= 0.6 is 46.7 Å². The fourth-order valence-electron chi connectivity index (χ4n) is 10.8. The molecule has 8 N–H and O–H groups in total.